The Morgan fingerprint density at radius 3 is 2.65 bits per heavy atom. The van der Waals surface area contributed by atoms with E-state index < -0.39 is 0 Å². The molecule has 1 atom stereocenters. The van der Waals surface area contributed by atoms with Gasteiger partial charge in [0.15, 0.2) is 17.5 Å². The lowest BCUT2D eigenvalue weighted by Gasteiger charge is -2.36. The first-order valence-corrected chi connectivity index (χ1v) is 11.7. The zero-order chi connectivity index (χ0) is 22.1. The first kappa shape index (κ1) is 23.7. The molecule has 1 aromatic rings. The molecule has 0 aromatic heterocycles. The van der Waals surface area contributed by atoms with Crippen LogP contribution in [0.2, 0.25) is 0 Å². The molecule has 2 aliphatic heterocycles. The summed E-state index contributed by atoms with van der Waals surface area (Å²) in [5.41, 5.74) is 1.15. The summed E-state index contributed by atoms with van der Waals surface area (Å²) in [5, 5.41) is 16.3. The number of aliphatic imine (C=N–C) groups is 1. The quantitative estimate of drug-likeness (QED) is 0.389. The molecule has 1 unspecified atom stereocenters. The Bertz CT molecular complexity index is 717. The Hall–Kier alpha value is -1.99. The van der Waals surface area contributed by atoms with Crippen LogP contribution >= 0.6 is 0 Å². The van der Waals surface area contributed by atoms with Crippen LogP contribution < -0.4 is 20.1 Å². The maximum absolute atomic E-state index is 9.41. The minimum absolute atomic E-state index is 0.0794. The van der Waals surface area contributed by atoms with Crippen molar-refractivity contribution in [3.05, 3.63) is 23.8 Å². The summed E-state index contributed by atoms with van der Waals surface area (Å²) in [7, 11) is 0. The lowest BCUT2D eigenvalue weighted by molar-refractivity contribution is 0.0530. The van der Waals surface area contributed by atoms with Gasteiger partial charge in [-0.15, -0.1) is 0 Å². The first-order chi connectivity index (χ1) is 15.1. The Kier molecular flexibility index (Phi) is 8.84. The lowest BCUT2D eigenvalue weighted by Crippen LogP contribution is -2.42. The van der Waals surface area contributed by atoms with Crippen LogP contribution in [-0.2, 0) is 10.2 Å². The van der Waals surface area contributed by atoms with Gasteiger partial charge < -0.3 is 30.0 Å². The molecular weight excluding hydrogens is 394 g/mol. The minimum atomic E-state index is -0.0794. The van der Waals surface area contributed by atoms with Gasteiger partial charge >= 0.3 is 0 Å². The summed E-state index contributed by atoms with van der Waals surface area (Å²) in [4.78, 5) is 4.99. The van der Waals surface area contributed by atoms with E-state index in [0.29, 0.717) is 18.4 Å². The van der Waals surface area contributed by atoms with Crippen LogP contribution in [-0.4, -0.2) is 57.3 Å². The second-order valence-corrected chi connectivity index (χ2v) is 9.04. The average molecular weight is 434 g/mol. The number of guanidine groups is 1. The molecule has 3 N–H and O–H groups in total. The zero-order valence-electron chi connectivity index (χ0n) is 19.3. The predicted octanol–water partition coefficient (Wildman–Crippen LogP) is 3.06. The predicted molar refractivity (Wildman–Crippen MR) is 123 cm³/mol. The molecule has 0 spiro atoms. The van der Waals surface area contributed by atoms with E-state index in [4.69, 9.17) is 19.2 Å². The number of rotatable bonds is 10. The standard InChI is InChI=1S/C24H39N3O4/c1-4-25-23(26-15-19(7-10-28)13-18(2)3)27-16-24(8-11-29-12-9-24)20-5-6-21-22(14-20)31-17-30-21/h5-6,14,18-19,28H,4,7-13,15-17H2,1-3H3,(H2,25,26,27). The highest BCUT2D eigenvalue weighted by molar-refractivity contribution is 5.79. The summed E-state index contributed by atoms with van der Waals surface area (Å²) < 4.78 is 16.8. The second kappa shape index (κ2) is 11.6. The number of aliphatic hydroxyl groups excluding tert-OH is 1. The fraction of sp³-hybridized carbons (Fsp3) is 0.708. The highest BCUT2D eigenvalue weighted by atomic mass is 16.7. The molecule has 2 aliphatic rings. The van der Waals surface area contributed by atoms with Crippen molar-refractivity contribution < 1.29 is 19.3 Å². The fourth-order valence-electron chi connectivity index (χ4n) is 4.49. The van der Waals surface area contributed by atoms with Crippen LogP contribution in [0, 0.1) is 11.8 Å². The summed E-state index contributed by atoms with van der Waals surface area (Å²) in [6.45, 7) is 10.8. The number of hydrogen-bond donors (Lipinski definition) is 3. The Labute approximate surface area is 186 Å². The van der Waals surface area contributed by atoms with Crippen molar-refractivity contribution >= 4 is 5.96 Å². The summed E-state index contributed by atoms with van der Waals surface area (Å²) in [6.07, 6.45) is 3.75. The number of nitrogens with zero attached hydrogens (tertiary/aromatic N) is 1. The van der Waals surface area contributed by atoms with Gasteiger partial charge in [-0.2, -0.15) is 0 Å². The van der Waals surface area contributed by atoms with E-state index in [1.807, 2.05) is 6.07 Å². The third-order valence-corrected chi connectivity index (χ3v) is 6.22. The van der Waals surface area contributed by atoms with E-state index in [2.05, 4.69) is 43.5 Å². The normalized spacial score (nSPS) is 18.8. The molecule has 3 rings (SSSR count). The van der Waals surface area contributed by atoms with E-state index >= 15 is 0 Å². The summed E-state index contributed by atoms with van der Waals surface area (Å²) in [6, 6.07) is 6.27. The van der Waals surface area contributed by atoms with Crippen molar-refractivity contribution in [1.29, 1.82) is 0 Å². The van der Waals surface area contributed by atoms with Crippen molar-refractivity contribution in [1.82, 2.24) is 10.6 Å². The Balaban J connectivity index is 1.73. The lowest BCUT2D eigenvalue weighted by atomic mass is 9.74. The zero-order valence-corrected chi connectivity index (χ0v) is 19.3. The summed E-state index contributed by atoms with van der Waals surface area (Å²) in [5.74, 6) is 3.50. The molecule has 31 heavy (non-hydrogen) atoms. The van der Waals surface area contributed by atoms with Gasteiger partial charge in [-0.25, -0.2) is 0 Å². The molecule has 0 amide bonds. The second-order valence-electron chi connectivity index (χ2n) is 9.04. The van der Waals surface area contributed by atoms with Crippen LogP contribution in [0.25, 0.3) is 0 Å². The number of fused-ring (bicyclic) bond motifs is 1. The number of hydrogen-bond acceptors (Lipinski definition) is 5. The maximum atomic E-state index is 9.41. The largest absolute Gasteiger partial charge is 0.454 e. The van der Waals surface area contributed by atoms with Gasteiger partial charge in [0.2, 0.25) is 6.79 Å². The SMILES string of the molecule is CCNC(=NCC1(c2ccc3c(c2)OCO3)CCOCC1)NCC(CCO)CC(C)C. The van der Waals surface area contributed by atoms with E-state index in [-0.39, 0.29) is 18.8 Å². The molecule has 1 aromatic carbocycles. The highest BCUT2D eigenvalue weighted by Crippen LogP contribution is 2.41. The van der Waals surface area contributed by atoms with Crippen LogP contribution in [0.3, 0.4) is 0 Å². The Morgan fingerprint density at radius 1 is 1.16 bits per heavy atom. The Morgan fingerprint density at radius 2 is 1.94 bits per heavy atom. The van der Waals surface area contributed by atoms with Crippen LogP contribution in [0.4, 0.5) is 0 Å². The maximum Gasteiger partial charge on any atom is 0.231 e. The fourth-order valence-corrected chi connectivity index (χ4v) is 4.49. The van der Waals surface area contributed by atoms with Crippen LogP contribution in [0.5, 0.6) is 11.5 Å². The molecule has 0 saturated carbocycles. The number of ether oxygens (including phenoxy) is 3. The third kappa shape index (κ3) is 6.50. The topological polar surface area (TPSA) is 84.3 Å². The van der Waals surface area contributed by atoms with Gasteiger partial charge in [-0.05, 0) is 62.1 Å². The van der Waals surface area contributed by atoms with Crippen molar-refractivity contribution in [2.75, 3.05) is 46.2 Å². The third-order valence-electron chi connectivity index (χ3n) is 6.22. The molecule has 7 nitrogen and oxygen atoms in total. The molecule has 0 aliphatic carbocycles. The summed E-state index contributed by atoms with van der Waals surface area (Å²) >= 11 is 0. The van der Waals surface area contributed by atoms with E-state index in [0.717, 1.165) is 69.4 Å². The van der Waals surface area contributed by atoms with Gasteiger partial charge in [0.25, 0.3) is 0 Å². The van der Waals surface area contributed by atoms with E-state index in [9.17, 15) is 5.11 Å². The van der Waals surface area contributed by atoms with Crippen LogP contribution in [0.15, 0.2) is 23.2 Å². The van der Waals surface area contributed by atoms with Crippen LogP contribution in [0.1, 0.15) is 52.0 Å². The number of nitrogens with one attached hydrogen (secondary N) is 2. The molecule has 2 heterocycles. The molecule has 0 radical (unpaired) electrons. The van der Waals surface area contributed by atoms with Gasteiger partial charge in [-0.3, -0.25) is 4.99 Å². The van der Waals surface area contributed by atoms with Crippen molar-refractivity contribution in [2.45, 2.75) is 51.9 Å². The number of benzene rings is 1. The van der Waals surface area contributed by atoms with Gasteiger partial charge in [0.05, 0.1) is 6.54 Å². The van der Waals surface area contributed by atoms with Crippen molar-refractivity contribution in [3.8, 4) is 11.5 Å². The molecule has 7 heteroatoms. The molecular formula is C24H39N3O4. The monoisotopic (exact) mass is 433 g/mol. The van der Waals surface area contributed by atoms with Crippen molar-refractivity contribution in [2.24, 2.45) is 16.8 Å². The van der Waals surface area contributed by atoms with Gasteiger partial charge in [0.1, 0.15) is 0 Å². The highest BCUT2D eigenvalue weighted by Gasteiger charge is 2.35. The average Bonchev–Trinajstić information content (AvgIpc) is 3.24. The molecule has 1 saturated heterocycles. The van der Waals surface area contributed by atoms with Gasteiger partial charge in [0, 0.05) is 38.3 Å². The van der Waals surface area contributed by atoms with E-state index in [1.165, 1.54) is 5.56 Å². The molecule has 0 bridgehead atoms. The first-order valence-electron chi connectivity index (χ1n) is 11.7. The molecule has 174 valence electrons. The molecule has 1 fully saturated rings. The van der Waals surface area contributed by atoms with E-state index in [1.54, 1.807) is 0 Å². The smallest absolute Gasteiger partial charge is 0.231 e. The minimum Gasteiger partial charge on any atom is -0.454 e. The van der Waals surface area contributed by atoms with Gasteiger partial charge in [-0.1, -0.05) is 19.9 Å². The van der Waals surface area contributed by atoms with Crippen molar-refractivity contribution in [3.63, 3.8) is 0 Å². The number of aliphatic hydroxyl groups is 1.